The molecular formula is C18H34O5. The Kier molecular flexibility index (Phi) is 11.3. The molecule has 5 heteroatoms. The van der Waals surface area contributed by atoms with Crippen molar-refractivity contribution < 1.29 is 24.8 Å². The fourth-order valence-electron chi connectivity index (χ4n) is 2.80. The van der Waals surface area contributed by atoms with Gasteiger partial charge in [0.25, 0.3) is 0 Å². The van der Waals surface area contributed by atoms with Crippen molar-refractivity contribution in [2.75, 3.05) is 13.2 Å². The third-order valence-corrected chi connectivity index (χ3v) is 4.31. The molecule has 0 saturated carbocycles. The lowest BCUT2D eigenvalue weighted by atomic mass is 10.1. The third-order valence-electron chi connectivity index (χ3n) is 4.31. The second-order valence-corrected chi connectivity index (χ2v) is 6.35. The number of allylic oxidation sites excluding steroid dienone is 1. The van der Waals surface area contributed by atoms with E-state index in [1.807, 2.05) is 6.08 Å². The quantitative estimate of drug-likeness (QED) is 0.357. The Morgan fingerprint density at radius 2 is 1.78 bits per heavy atom. The first-order chi connectivity index (χ1) is 11.2. The van der Waals surface area contributed by atoms with Gasteiger partial charge in [-0.25, -0.2) is 0 Å². The number of hydrogen-bond acceptors (Lipinski definition) is 5. The van der Waals surface area contributed by atoms with Gasteiger partial charge in [0.1, 0.15) is 24.4 Å². The normalized spacial score (nSPS) is 26.0. The Morgan fingerprint density at radius 3 is 2.43 bits per heavy atom. The summed E-state index contributed by atoms with van der Waals surface area (Å²) in [6.07, 6.45) is 11.7. The lowest BCUT2D eigenvalue weighted by Gasteiger charge is -2.20. The van der Waals surface area contributed by atoms with Crippen LogP contribution in [0.4, 0.5) is 0 Å². The Morgan fingerprint density at radius 1 is 1.13 bits per heavy atom. The molecular weight excluding hydrogens is 296 g/mol. The Bertz CT molecular complexity index is 308. The van der Waals surface area contributed by atoms with Gasteiger partial charge in [0.2, 0.25) is 0 Å². The first-order valence-corrected chi connectivity index (χ1v) is 9.09. The molecule has 5 nitrogen and oxygen atoms in total. The zero-order chi connectivity index (χ0) is 16.9. The van der Waals surface area contributed by atoms with Crippen LogP contribution < -0.4 is 0 Å². The lowest BCUT2D eigenvalue weighted by molar-refractivity contribution is -0.0689. The molecule has 0 bridgehead atoms. The maximum Gasteiger partial charge on any atom is 0.149 e. The zero-order valence-electron chi connectivity index (χ0n) is 14.4. The molecule has 0 aromatic rings. The molecule has 4 atom stereocenters. The van der Waals surface area contributed by atoms with Gasteiger partial charge in [-0.1, -0.05) is 51.9 Å². The van der Waals surface area contributed by atoms with E-state index in [1.54, 1.807) is 6.26 Å². The molecule has 0 aliphatic carbocycles. The average molecular weight is 330 g/mol. The molecule has 1 heterocycles. The van der Waals surface area contributed by atoms with Crippen LogP contribution in [0.2, 0.25) is 0 Å². The Labute approximate surface area is 140 Å². The predicted octanol–water partition coefficient (Wildman–Crippen LogP) is 2.53. The van der Waals surface area contributed by atoms with E-state index in [0.29, 0.717) is 0 Å². The number of hydrogen-bond donors (Lipinski definition) is 3. The highest BCUT2D eigenvalue weighted by molar-refractivity contribution is 4.90. The highest BCUT2D eigenvalue weighted by atomic mass is 16.6. The molecule has 0 aromatic heterocycles. The maximum atomic E-state index is 9.96. The van der Waals surface area contributed by atoms with Gasteiger partial charge in [-0.05, 0) is 18.9 Å². The highest BCUT2D eigenvalue weighted by Crippen LogP contribution is 2.20. The van der Waals surface area contributed by atoms with Gasteiger partial charge in [0.15, 0.2) is 0 Å². The average Bonchev–Trinajstić information content (AvgIpc) is 2.93. The molecule has 0 unspecified atom stereocenters. The van der Waals surface area contributed by atoms with Gasteiger partial charge in [-0.15, -0.1) is 0 Å². The Hall–Kier alpha value is -0.620. The van der Waals surface area contributed by atoms with Crippen LogP contribution in [0.25, 0.3) is 0 Å². The number of aliphatic hydroxyl groups excluding tert-OH is 3. The SMILES string of the molecule is CCCCCCCCCC/C=C/O[C@@H]1CO[C@@H]([C@@H](O)CO)[C@H]1O. The van der Waals surface area contributed by atoms with Gasteiger partial charge in [0.05, 0.1) is 19.5 Å². The van der Waals surface area contributed by atoms with Gasteiger partial charge < -0.3 is 24.8 Å². The monoisotopic (exact) mass is 330 g/mol. The maximum absolute atomic E-state index is 9.96. The van der Waals surface area contributed by atoms with Crippen molar-refractivity contribution in [3.63, 3.8) is 0 Å². The molecule has 1 aliphatic rings. The van der Waals surface area contributed by atoms with E-state index in [-0.39, 0.29) is 6.61 Å². The molecule has 23 heavy (non-hydrogen) atoms. The first kappa shape index (κ1) is 20.4. The summed E-state index contributed by atoms with van der Waals surface area (Å²) in [5, 5.41) is 28.3. The van der Waals surface area contributed by atoms with E-state index in [2.05, 4.69) is 6.92 Å². The van der Waals surface area contributed by atoms with E-state index in [0.717, 1.165) is 12.8 Å². The van der Waals surface area contributed by atoms with Crippen LogP contribution in [0.1, 0.15) is 64.7 Å². The van der Waals surface area contributed by atoms with Crippen LogP contribution in [0.15, 0.2) is 12.3 Å². The van der Waals surface area contributed by atoms with Crippen LogP contribution in [-0.2, 0) is 9.47 Å². The first-order valence-electron chi connectivity index (χ1n) is 9.09. The van der Waals surface area contributed by atoms with Crippen molar-refractivity contribution >= 4 is 0 Å². The van der Waals surface area contributed by atoms with Crippen molar-refractivity contribution in [2.24, 2.45) is 0 Å². The lowest BCUT2D eigenvalue weighted by Crippen LogP contribution is -2.40. The number of ether oxygens (including phenoxy) is 2. The molecule has 1 aliphatic heterocycles. The van der Waals surface area contributed by atoms with Crippen LogP contribution in [0.5, 0.6) is 0 Å². The molecule has 136 valence electrons. The summed E-state index contributed by atoms with van der Waals surface area (Å²) in [6.45, 7) is 2.04. The van der Waals surface area contributed by atoms with Crippen molar-refractivity contribution in [2.45, 2.75) is 89.1 Å². The van der Waals surface area contributed by atoms with E-state index in [4.69, 9.17) is 14.6 Å². The molecule has 0 radical (unpaired) electrons. The second kappa shape index (κ2) is 12.8. The van der Waals surface area contributed by atoms with E-state index in [1.165, 1.54) is 44.9 Å². The van der Waals surface area contributed by atoms with Crippen LogP contribution in [-0.4, -0.2) is 52.9 Å². The zero-order valence-corrected chi connectivity index (χ0v) is 14.4. The fourth-order valence-corrected chi connectivity index (χ4v) is 2.80. The molecule has 0 aromatic carbocycles. The summed E-state index contributed by atoms with van der Waals surface area (Å²) >= 11 is 0. The highest BCUT2D eigenvalue weighted by Gasteiger charge is 2.40. The van der Waals surface area contributed by atoms with Gasteiger partial charge in [-0.3, -0.25) is 0 Å². The van der Waals surface area contributed by atoms with Gasteiger partial charge in [-0.2, -0.15) is 0 Å². The smallest absolute Gasteiger partial charge is 0.149 e. The van der Waals surface area contributed by atoms with Gasteiger partial charge in [0, 0.05) is 0 Å². The number of rotatable bonds is 13. The number of aliphatic hydroxyl groups is 3. The molecule has 1 rings (SSSR count). The standard InChI is InChI=1S/C18H34O5/c1-2-3-4-5-6-7-8-9-10-11-12-22-16-14-23-18(17(16)21)15(20)13-19/h11-12,15-21H,2-10,13-14H2,1H3/b12-11+/t15-,16+,17-,18-/m0/s1. The van der Waals surface area contributed by atoms with Crippen LogP contribution in [0, 0.1) is 0 Å². The van der Waals surface area contributed by atoms with Crippen molar-refractivity contribution in [1.29, 1.82) is 0 Å². The summed E-state index contributed by atoms with van der Waals surface area (Å²) in [6, 6.07) is 0. The fraction of sp³-hybridized carbons (Fsp3) is 0.889. The number of unbranched alkanes of at least 4 members (excludes halogenated alkanes) is 8. The summed E-state index contributed by atoms with van der Waals surface area (Å²) < 4.78 is 10.7. The molecule has 0 amide bonds. The van der Waals surface area contributed by atoms with Crippen LogP contribution >= 0.6 is 0 Å². The second-order valence-electron chi connectivity index (χ2n) is 6.35. The molecule has 0 spiro atoms. The molecule has 1 fully saturated rings. The van der Waals surface area contributed by atoms with Crippen molar-refractivity contribution in [1.82, 2.24) is 0 Å². The van der Waals surface area contributed by atoms with Crippen molar-refractivity contribution in [3.8, 4) is 0 Å². The van der Waals surface area contributed by atoms with Crippen LogP contribution in [0.3, 0.4) is 0 Å². The van der Waals surface area contributed by atoms with Gasteiger partial charge >= 0.3 is 0 Å². The van der Waals surface area contributed by atoms with E-state index in [9.17, 15) is 10.2 Å². The largest absolute Gasteiger partial charge is 0.493 e. The van der Waals surface area contributed by atoms with E-state index >= 15 is 0 Å². The minimum Gasteiger partial charge on any atom is -0.493 e. The summed E-state index contributed by atoms with van der Waals surface area (Å²) in [5.41, 5.74) is 0. The topological polar surface area (TPSA) is 79.2 Å². The minimum atomic E-state index is -1.07. The Balaban J connectivity index is 2.00. The molecule has 1 saturated heterocycles. The third kappa shape index (κ3) is 8.15. The minimum absolute atomic E-state index is 0.227. The summed E-state index contributed by atoms with van der Waals surface area (Å²) in [5.74, 6) is 0. The predicted molar refractivity (Wildman–Crippen MR) is 90.1 cm³/mol. The summed E-state index contributed by atoms with van der Waals surface area (Å²) in [4.78, 5) is 0. The summed E-state index contributed by atoms with van der Waals surface area (Å²) in [7, 11) is 0. The van der Waals surface area contributed by atoms with E-state index < -0.39 is 31.0 Å². The van der Waals surface area contributed by atoms with Crippen molar-refractivity contribution in [3.05, 3.63) is 12.3 Å². The molecule has 3 N–H and O–H groups in total.